The van der Waals surface area contributed by atoms with Gasteiger partial charge in [0.15, 0.2) is 18.1 Å². The summed E-state index contributed by atoms with van der Waals surface area (Å²) < 4.78 is 11.0. The molecule has 0 aliphatic carbocycles. The van der Waals surface area contributed by atoms with E-state index in [0.29, 0.717) is 27.6 Å². The summed E-state index contributed by atoms with van der Waals surface area (Å²) >= 11 is 6.16. The smallest absolute Gasteiger partial charge is 0.335 e. The molecule has 4 rings (SSSR count). The largest absolute Gasteiger partial charge is 0.493 e. The zero-order chi connectivity index (χ0) is 27.4. The number of amides is 5. The third-order valence-corrected chi connectivity index (χ3v) is 6.15. The van der Waals surface area contributed by atoms with Crippen LogP contribution in [0.2, 0.25) is 5.02 Å². The summed E-state index contributed by atoms with van der Waals surface area (Å²) in [6, 6.07) is 16.0. The van der Waals surface area contributed by atoms with Crippen molar-refractivity contribution in [3.05, 3.63) is 87.9 Å². The molecule has 1 saturated heterocycles. The molecule has 0 saturated carbocycles. The highest BCUT2D eigenvalue weighted by Gasteiger charge is 2.37. The number of hydrogen-bond acceptors (Lipinski definition) is 6. The van der Waals surface area contributed by atoms with E-state index in [9.17, 15) is 19.2 Å². The van der Waals surface area contributed by atoms with E-state index in [-0.39, 0.29) is 29.5 Å². The van der Waals surface area contributed by atoms with Crippen molar-refractivity contribution in [3.63, 3.8) is 0 Å². The molecule has 3 aromatic carbocycles. The first kappa shape index (κ1) is 26.4. The molecular formula is C28H24ClN3O6. The second-order valence-corrected chi connectivity index (χ2v) is 8.87. The number of halogens is 1. The summed E-state index contributed by atoms with van der Waals surface area (Å²) in [6.45, 7) is 3.33. The SMILES string of the molecule is COc1cc(/C=C2/C(=O)NC(=O)N(c3cccc(Cl)c3C)C2=O)ccc1OCC(=O)Nc1cccc(C)c1. The van der Waals surface area contributed by atoms with Crippen LogP contribution in [-0.4, -0.2) is 37.5 Å². The molecule has 9 nitrogen and oxygen atoms in total. The second kappa shape index (κ2) is 11.2. The van der Waals surface area contributed by atoms with Crippen molar-refractivity contribution >= 4 is 52.8 Å². The van der Waals surface area contributed by atoms with Gasteiger partial charge in [0.05, 0.1) is 12.8 Å². The lowest BCUT2D eigenvalue weighted by Gasteiger charge is -2.27. The molecule has 0 spiro atoms. The van der Waals surface area contributed by atoms with Crippen molar-refractivity contribution in [1.29, 1.82) is 0 Å². The van der Waals surface area contributed by atoms with Gasteiger partial charge in [-0.15, -0.1) is 0 Å². The van der Waals surface area contributed by atoms with Crippen molar-refractivity contribution < 1.29 is 28.7 Å². The first-order chi connectivity index (χ1) is 18.2. The van der Waals surface area contributed by atoms with Crippen LogP contribution < -0.4 is 25.0 Å². The van der Waals surface area contributed by atoms with Crippen molar-refractivity contribution in [2.45, 2.75) is 13.8 Å². The van der Waals surface area contributed by atoms with Gasteiger partial charge in [0.2, 0.25) is 0 Å². The predicted molar refractivity (Wildman–Crippen MR) is 143 cm³/mol. The van der Waals surface area contributed by atoms with Crippen molar-refractivity contribution in [1.82, 2.24) is 5.32 Å². The predicted octanol–water partition coefficient (Wildman–Crippen LogP) is 4.65. The molecule has 1 aliphatic rings. The van der Waals surface area contributed by atoms with Crippen LogP contribution in [0.4, 0.5) is 16.2 Å². The Labute approximate surface area is 224 Å². The van der Waals surface area contributed by atoms with E-state index >= 15 is 0 Å². The molecule has 10 heteroatoms. The Morgan fingerprint density at radius 3 is 2.53 bits per heavy atom. The average molecular weight is 534 g/mol. The molecule has 1 fully saturated rings. The van der Waals surface area contributed by atoms with Crippen LogP contribution in [0.15, 0.2) is 66.2 Å². The number of rotatable bonds is 7. The van der Waals surface area contributed by atoms with E-state index in [4.69, 9.17) is 21.1 Å². The van der Waals surface area contributed by atoms with E-state index in [1.165, 1.54) is 13.2 Å². The zero-order valence-electron chi connectivity index (χ0n) is 20.8. The monoisotopic (exact) mass is 533 g/mol. The van der Waals surface area contributed by atoms with Gasteiger partial charge in [-0.3, -0.25) is 19.7 Å². The van der Waals surface area contributed by atoms with Gasteiger partial charge in [-0.2, -0.15) is 0 Å². The standard InChI is InChI=1S/C28H24ClN3O6/c1-16-6-4-7-19(12-16)30-25(33)15-38-23-11-10-18(14-24(23)37-3)13-20-26(34)31-28(36)32(27(20)35)22-9-5-8-21(29)17(22)2/h4-14H,15H2,1-3H3,(H,30,33)(H,31,34,36)/b20-13-. The number of benzene rings is 3. The highest BCUT2D eigenvalue weighted by molar-refractivity contribution is 6.40. The minimum Gasteiger partial charge on any atom is -0.493 e. The van der Waals surface area contributed by atoms with E-state index in [1.54, 1.807) is 49.4 Å². The summed E-state index contributed by atoms with van der Waals surface area (Å²) in [6.07, 6.45) is 1.34. The molecule has 0 radical (unpaired) electrons. The lowest BCUT2D eigenvalue weighted by molar-refractivity contribution is -0.122. The summed E-state index contributed by atoms with van der Waals surface area (Å²) in [5.41, 5.74) is 2.63. The van der Waals surface area contributed by atoms with Gasteiger partial charge in [0.1, 0.15) is 5.57 Å². The number of methoxy groups -OCH3 is 1. The molecule has 1 heterocycles. The summed E-state index contributed by atoms with van der Waals surface area (Å²) in [4.78, 5) is 51.5. The number of hydrogen-bond donors (Lipinski definition) is 2. The Bertz CT molecular complexity index is 1480. The van der Waals surface area contributed by atoms with Crippen molar-refractivity contribution in [2.75, 3.05) is 23.9 Å². The third-order valence-electron chi connectivity index (χ3n) is 5.74. The lowest BCUT2D eigenvalue weighted by atomic mass is 10.1. The number of imide groups is 2. The fourth-order valence-corrected chi connectivity index (χ4v) is 4.01. The average Bonchev–Trinajstić information content (AvgIpc) is 2.88. The molecule has 0 aromatic heterocycles. The van der Waals surface area contributed by atoms with E-state index < -0.39 is 17.8 Å². The number of ether oxygens (including phenoxy) is 2. The van der Waals surface area contributed by atoms with Gasteiger partial charge < -0.3 is 14.8 Å². The van der Waals surface area contributed by atoms with Gasteiger partial charge in [0.25, 0.3) is 17.7 Å². The molecule has 0 atom stereocenters. The van der Waals surface area contributed by atoms with Gasteiger partial charge >= 0.3 is 6.03 Å². The van der Waals surface area contributed by atoms with Crippen LogP contribution in [-0.2, 0) is 14.4 Å². The molecule has 0 unspecified atom stereocenters. The number of nitrogens with zero attached hydrogens (tertiary/aromatic N) is 1. The van der Waals surface area contributed by atoms with Gasteiger partial charge in [-0.05, 0) is 73.0 Å². The Morgan fingerprint density at radius 1 is 1.03 bits per heavy atom. The number of anilines is 2. The third kappa shape index (κ3) is 5.68. The molecule has 0 bridgehead atoms. The first-order valence-corrected chi connectivity index (χ1v) is 11.9. The maximum absolute atomic E-state index is 13.2. The van der Waals surface area contributed by atoms with Crippen LogP contribution in [0.5, 0.6) is 11.5 Å². The molecular weight excluding hydrogens is 510 g/mol. The zero-order valence-corrected chi connectivity index (χ0v) is 21.6. The normalized spacial score (nSPS) is 14.4. The van der Waals surface area contributed by atoms with Crippen LogP contribution >= 0.6 is 11.6 Å². The van der Waals surface area contributed by atoms with Crippen LogP contribution in [0.25, 0.3) is 6.08 Å². The molecule has 1 aliphatic heterocycles. The molecule has 194 valence electrons. The molecule has 38 heavy (non-hydrogen) atoms. The minimum absolute atomic E-state index is 0.253. The van der Waals surface area contributed by atoms with E-state index in [2.05, 4.69) is 10.6 Å². The lowest BCUT2D eigenvalue weighted by Crippen LogP contribution is -2.54. The quantitative estimate of drug-likeness (QED) is 0.337. The highest BCUT2D eigenvalue weighted by Crippen LogP contribution is 2.31. The number of carbonyl (C=O) groups excluding carboxylic acids is 4. The van der Waals surface area contributed by atoms with Gasteiger partial charge in [0, 0.05) is 10.7 Å². The Balaban J connectivity index is 1.53. The second-order valence-electron chi connectivity index (χ2n) is 8.46. The maximum atomic E-state index is 13.2. The van der Waals surface area contributed by atoms with Crippen LogP contribution in [0.1, 0.15) is 16.7 Å². The minimum atomic E-state index is -0.868. The molecule has 2 N–H and O–H groups in total. The fraction of sp³-hybridized carbons (Fsp3) is 0.143. The fourth-order valence-electron chi connectivity index (χ4n) is 3.84. The van der Waals surface area contributed by atoms with E-state index in [0.717, 1.165) is 10.5 Å². The summed E-state index contributed by atoms with van der Waals surface area (Å²) in [5.74, 6) is -1.40. The maximum Gasteiger partial charge on any atom is 0.335 e. The number of urea groups is 1. The molecule has 5 amide bonds. The van der Waals surface area contributed by atoms with Crippen molar-refractivity contribution in [3.8, 4) is 11.5 Å². The number of carbonyl (C=O) groups is 4. The van der Waals surface area contributed by atoms with Gasteiger partial charge in [-0.1, -0.05) is 35.9 Å². The number of aryl methyl sites for hydroxylation is 1. The number of barbiturate groups is 1. The molecule has 3 aromatic rings. The van der Waals surface area contributed by atoms with Gasteiger partial charge in [-0.25, -0.2) is 9.69 Å². The van der Waals surface area contributed by atoms with Crippen molar-refractivity contribution in [2.24, 2.45) is 0 Å². The summed E-state index contributed by atoms with van der Waals surface area (Å²) in [7, 11) is 1.42. The Morgan fingerprint density at radius 2 is 1.79 bits per heavy atom. The van der Waals surface area contributed by atoms with Crippen LogP contribution in [0, 0.1) is 13.8 Å². The topological polar surface area (TPSA) is 114 Å². The van der Waals surface area contributed by atoms with E-state index in [1.807, 2.05) is 25.1 Å². The first-order valence-electron chi connectivity index (χ1n) is 11.5. The summed E-state index contributed by atoms with van der Waals surface area (Å²) in [5, 5.41) is 5.32. The number of nitrogens with one attached hydrogen (secondary N) is 2. The Hall–Kier alpha value is -4.63. The Kier molecular flexibility index (Phi) is 7.78. The van der Waals surface area contributed by atoms with Crippen LogP contribution in [0.3, 0.4) is 0 Å². The highest BCUT2D eigenvalue weighted by atomic mass is 35.5.